The van der Waals surface area contributed by atoms with E-state index in [9.17, 15) is 9.18 Å². The van der Waals surface area contributed by atoms with Crippen molar-refractivity contribution in [1.82, 2.24) is 0 Å². The Kier molecular flexibility index (Phi) is 3.42. The van der Waals surface area contributed by atoms with Crippen LogP contribution in [0.5, 0.6) is 0 Å². The Labute approximate surface area is 87.6 Å². The van der Waals surface area contributed by atoms with Gasteiger partial charge in [-0.2, -0.15) is 4.99 Å². The maximum Gasteiger partial charge on any atom is 0.288 e. The van der Waals surface area contributed by atoms with Crippen molar-refractivity contribution in [3.8, 4) is 0 Å². The van der Waals surface area contributed by atoms with Crippen LogP contribution in [-0.4, -0.2) is 11.1 Å². The molecule has 0 bridgehead atoms. The quantitative estimate of drug-likeness (QED) is 0.574. The Morgan fingerprint density at radius 3 is 2.85 bits per heavy atom. The Balaban J connectivity index is 3.16. The van der Waals surface area contributed by atoms with Gasteiger partial charge >= 0.3 is 0 Å². The molecule has 0 N–H and O–H groups in total. The fourth-order valence-corrected chi connectivity index (χ4v) is 1.18. The van der Waals surface area contributed by atoms with Gasteiger partial charge in [-0.3, -0.25) is 4.79 Å². The highest BCUT2D eigenvalue weighted by molar-refractivity contribution is 9.10. The molecule has 0 spiro atoms. The molecule has 0 heterocycles. The summed E-state index contributed by atoms with van der Waals surface area (Å²) < 4.78 is 13.6. The zero-order valence-electron chi connectivity index (χ0n) is 6.25. The lowest BCUT2D eigenvalue weighted by atomic mass is 10.2. The van der Waals surface area contributed by atoms with Gasteiger partial charge in [-0.15, -0.1) is 0 Å². The van der Waals surface area contributed by atoms with E-state index in [1.54, 1.807) is 6.07 Å². The van der Waals surface area contributed by atoms with Crippen molar-refractivity contribution >= 4 is 39.2 Å². The average Bonchev–Trinajstić information content (AvgIpc) is 2.04. The van der Waals surface area contributed by atoms with E-state index < -0.39 is 11.7 Å². The minimum atomic E-state index is -0.722. The van der Waals surface area contributed by atoms with E-state index in [-0.39, 0.29) is 5.56 Å². The SMILES string of the molecule is O=C(N=C=S)c1ccc(Br)cc1F. The van der Waals surface area contributed by atoms with Gasteiger partial charge in [-0.1, -0.05) is 15.9 Å². The summed E-state index contributed by atoms with van der Waals surface area (Å²) in [5.41, 5.74) is -0.111. The number of isothiocyanates is 1. The molecule has 0 aliphatic carbocycles. The average molecular weight is 260 g/mol. The van der Waals surface area contributed by atoms with Crippen LogP contribution in [0.1, 0.15) is 10.4 Å². The van der Waals surface area contributed by atoms with Crippen molar-refractivity contribution in [1.29, 1.82) is 0 Å². The highest BCUT2D eigenvalue weighted by atomic mass is 79.9. The van der Waals surface area contributed by atoms with Crippen LogP contribution in [0.3, 0.4) is 0 Å². The molecule has 0 radical (unpaired) electrons. The first-order valence-corrected chi connectivity index (χ1v) is 4.42. The van der Waals surface area contributed by atoms with Crippen molar-refractivity contribution in [3.05, 3.63) is 34.1 Å². The van der Waals surface area contributed by atoms with Crippen LogP contribution in [0.2, 0.25) is 0 Å². The molecule has 0 aliphatic rings. The molecule has 0 atom stereocenters. The number of rotatable bonds is 1. The predicted octanol–water partition coefficient (Wildman–Crippen LogP) is 2.83. The number of aliphatic imine (C=N–C) groups is 1. The van der Waals surface area contributed by atoms with Crippen molar-refractivity contribution in [3.63, 3.8) is 0 Å². The summed E-state index contributed by atoms with van der Waals surface area (Å²) in [6.45, 7) is 0. The maximum atomic E-state index is 13.1. The monoisotopic (exact) mass is 259 g/mol. The lowest BCUT2D eigenvalue weighted by molar-refractivity contribution is 0.1000. The zero-order valence-corrected chi connectivity index (χ0v) is 8.65. The molecular formula is C8H3BrFNOS. The number of carbonyl (C=O) groups excluding carboxylic acids is 1. The van der Waals surface area contributed by atoms with Gasteiger partial charge in [0.1, 0.15) is 5.82 Å². The number of hydrogen-bond donors (Lipinski definition) is 0. The molecule has 0 fully saturated rings. The molecule has 1 aromatic rings. The lowest BCUT2D eigenvalue weighted by Crippen LogP contribution is -1.97. The van der Waals surface area contributed by atoms with Crippen LogP contribution in [-0.2, 0) is 0 Å². The van der Waals surface area contributed by atoms with E-state index in [2.05, 4.69) is 33.1 Å². The van der Waals surface area contributed by atoms with Crippen LogP contribution in [0.25, 0.3) is 0 Å². The molecule has 1 amide bonds. The summed E-state index contributed by atoms with van der Waals surface area (Å²) in [6.07, 6.45) is 0. The summed E-state index contributed by atoms with van der Waals surface area (Å²) in [6, 6.07) is 4.07. The van der Waals surface area contributed by atoms with Crippen LogP contribution < -0.4 is 0 Å². The van der Waals surface area contributed by atoms with E-state index in [0.717, 1.165) is 0 Å². The van der Waals surface area contributed by atoms with E-state index in [0.29, 0.717) is 4.47 Å². The molecule has 2 nitrogen and oxygen atoms in total. The first-order valence-electron chi connectivity index (χ1n) is 3.22. The molecule has 1 aromatic carbocycles. The molecule has 0 saturated carbocycles. The third-order valence-electron chi connectivity index (χ3n) is 1.31. The van der Waals surface area contributed by atoms with Gasteiger partial charge in [-0.25, -0.2) is 4.39 Å². The van der Waals surface area contributed by atoms with E-state index in [4.69, 9.17) is 0 Å². The molecule has 0 aromatic heterocycles. The molecule has 0 aliphatic heterocycles. The number of thiocarbonyl (C=S) groups is 1. The highest BCUT2D eigenvalue weighted by Crippen LogP contribution is 2.15. The lowest BCUT2D eigenvalue weighted by Gasteiger charge is -1.96. The molecule has 13 heavy (non-hydrogen) atoms. The van der Waals surface area contributed by atoms with Gasteiger partial charge in [-0.05, 0) is 30.4 Å². The van der Waals surface area contributed by atoms with E-state index >= 15 is 0 Å². The Hall–Kier alpha value is -0.900. The minimum Gasteiger partial charge on any atom is -0.266 e. The Morgan fingerprint density at radius 2 is 2.31 bits per heavy atom. The van der Waals surface area contributed by atoms with Gasteiger partial charge < -0.3 is 0 Å². The number of carbonyl (C=O) groups is 1. The van der Waals surface area contributed by atoms with E-state index in [1.165, 1.54) is 12.1 Å². The zero-order chi connectivity index (χ0) is 9.84. The fourth-order valence-electron chi connectivity index (χ4n) is 0.765. The first kappa shape index (κ1) is 10.2. The second kappa shape index (κ2) is 4.37. The predicted molar refractivity (Wildman–Crippen MR) is 53.5 cm³/mol. The summed E-state index contributed by atoms with van der Waals surface area (Å²) in [7, 11) is 0. The van der Waals surface area contributed by atoms with E-state index in [1.807, 2.05) is 5.16 Å². The van der Waals surface area contributed by atoms with Crippen LogP contribution in [0.4, 0.5) is 4.39 Å². The van der Waals surface area contributed by atoms with Crippen molar-refractivity contribution in [2.45, 2.75) is 0 Å². The van der Waals surface area contributed by atoms with Crippen molar-refractivity contribution < 1.29 is 9.18 Å². The number of hydrogen-bond acceptors (Lipinski definition) is 2. The normalized spacial score (nSPS) is 9.08. The van der Waals surface area contributed by atoms with Crippen molar-refractivity contribution in [2.24, 2.45) is 4.99 Å². The standard InChI is InChI=1S/C8H3BrFNOS/c9-5-1-2-6(7(10)3-5)8(12)11-4-13/h1-3H. The summed E-state index contributed by atoms with van der Waals surface area (Å²) in [5.74, 6) is -1.35. The van der Waals surface area contributed by atoms with Crippen molar-refractivity contribution in [2.75, 3.05) is 0 Å². The topological polar surface area (TPSA) is 29.4 Å². The largest absolute Gasteiger partial charge is 0.288 e. The summed E-state index contributed by atoms with van der Waals surface area (Å²) >= 11 is 7.29. The number of benzene rings is 1. The highest BCUT2D eigenvalue weighted by Gasteiger charge is 2.09. The maximum absolute atomic E-state index is 13.1. The smallest absolute Gasteiger partial charge is 0.266 e. The molecule has 0 saturated heterocycles. The molecule has 1 rings (SSSR count). The van der Waals surface area contributed by atoms with Gasteiger partial charge in [0.2, 0.25) is 0 Å². The molecule has 66 valence electrons. The van der Waals surface area contributed by atoms with Crippen LogP contribution in [0, 0.1) is 5.82 Å². The van der Waals surface area contributed by atoms with Gasteiger partial charge in [0.25, 0.3) is 5.91 Å². The molecule has 5 heteroatoms. The second-order valence-corrected chi connectivity index (χ2v) is 3.23. The first-order chi connectivity index (χ1) is 6.15. The third kappa shape index (κ3) is 2.52. The summed E-state index contributed by atoms with van der Waals surface area (Å²) in [4.78, 5) is 14.2. The molecular weight excluding hydrogens is 257 g/mol. The minimum absolute atomic E-state index is 0.111. The number of amides is 1. The van der Waals surface area contributed by atoms with Crippen LogP contribution in [0.15, 0.2) is 27.7 Å². The Bertz CT molecular complexity index is 401. The molecule has 0 unspecified atom stereocenters. The fraction of sp³-hybridized carbons (Fsp3) is 0. The number of nitrogens with zero attached hydrogens (tertiary/aromatic N) is 1. The third-order valence-corrected chi connectivity index (χ3v) is 1.89. The second-order valence-electron chi connectivity index (χ2n) is 2.13. The summed E-state index contributed by atoms with van der Waals surface area (Å²) in [5, 5.41) is 1.89. The van der Waals surface area contributed by atoms with Gasteiger partial charge in [0.15, 0.2) is 0 Å². The number of halogens is 2. The van der Waals surface area contributed by atoms with Crippen LogP contribution >= 0.6 is 28.1 Å². The van der Waals surface area contributed by atoms with Gasteiger partial charge in [0.05, 0.1) is 10.7 Å². The Morgan fingerprint density at radius 1 is 1.62 bits per heavy atom. The van der Waals surface area contributed by atoms with Gasteiger partial charge in [0, 0.05) is 4.47 Å².